The van der Waals surface area contributed by atoms with Gasteiger partial charge in [-0.2, -0.15) is 0 Å². The molecule has 19 heavy (non-hydrogen) atoms. The standard InChI is InChI=1S/C12H8N2O4S/c1-5-9(11(15)16)19-10(13-5)6-2-3-8-7(4-6)14-12(17)18-8/h2-4H,1H3,(H,14,17)(H,15,16). The van der Waals surface area contributed by atoms with Gasteiger partial charge < -0.3 is 9.52 Å². The molecule has 0 unspecified atom stereocenters. The van der Waals surface area contributed by atoms with Crippen molar-refractivity contribution in [3.05, 3.63) is 39.3 Å². The second-order valence-corrected chi connectivity index (χ2v) is 4.96. The van der Waals surface area contributed by atoms with Crippen molar-refractivity contribution in [2.24, 2.45) is 0 Å². The number of hydrogen-bond acceptors (Lipinski definition) is 5. The Balaban J connectivity index is 2.15. The van der Waals surface area contributed by atoms with Crippen LogP contribution in [0.25, 0.3) is 21.7 Å². The van der Waals surface area contributed by atoms with Crippen molar-refractivity contribution < 1.29 is 14.3 Å². The Labute approximate surface area is 110 Å². The van der Waals surface area contributed by atoms with Crippen LogP contribution >= 0.6 is 11.3 Å². The smallest absolute Gasteiger partial charge is 0.417 e. The molecule has 1 aromatic carbocycles. The van der Waals surface area contributed by atoms with Gasteiger partial charge in [-0.05, 0) is 25.1 Å². The summed E-state index contributed by atoms with van der Waals surface area (Å²) in [7, 11) is 0. The molecule has 0 saturated carbocycles. The maximum Gasteiger partial charge on any atom is 0.417 e. The van der Waals surface area contributed by atoms with E-state index in [0.29, 0.717) is 21.8 Å². The van der Waals surface area contributed by atoms with Crippen LogP contribution in [-0.2, 0) is 0 Å². The molecule has 7 heteroatoms. The minimum atomic E-state index is -0.987. The molecule has 0 fully saturated rings. The van der Waals surface area contributed by atoms with Gasteiger partial charge in [-0.25, -0.2) is 14.6 Å². The van der Waals surface area contributed by atoms with Crippen LogP contribution in [-0.4, -0.2) is 21.0 Å². The fraction of sp³-hybridized carbons (Fsp3) is 0.0833. The van der Waals surface area contributed by atoms with E-state index in [0.717, 1.165) is 16.9 Å². The van der Waals surface area contributed by atoms with Crippen molar-refractivity contribution in [2.45, 2.75) is 6.92 Å². The summed E-state index contributed by atoms with van der Waals surface area (Å²) >= 11 is 1.10. The maximum atomic E-state index is 11.1. The van der Waals surface area contributed by atoms with E-state index >= 15 is 0 Å². The highest BCUT2D eigenvalue weighted by molar-refractivity contribution is 7.17. The van der Waals surface area contributed by atoms with Gasteiger partial charge >= 0.3 is 11.7 Å². The molecular weight excluding hydrogens is 268 g/mol. The van der Waals surface area contributed by atoms with Gasteiger partial charge in [-0.1, -0.05) is 0 Å². The number of hydrogen-bond donors (Lipinski definition) is 2. The maximum absolute atomic E-state index is 11.1. The van der Waals surface area contributed by atoms with Gasteiger partial charge in [0, 0.05) is 5.56 Å². The van der Waals surface area contributed by atoms with E-state index in [-0.39, 0.29) is 4.88 Å². The Hall–Kier alpha value is -2.41. The number of carboxylic acid groups (broad SMARTS) is 1. The Bertz CT molecular complexity index is 843. The summed E-state index contributed by atoms with van der Waals surface area (Å²) in [6, 6.07) is 5.10. The van der Waals surface area contributed by atoms with Crippen molar-refractivity contribution in [3.63, 3.8) is 0 Å². The summed E-state index contributed by atoms with van der Waals surface area (Å²) in [5.41, 5.74) is 2.24. The number of rotatable bonds is 2. The number of H-pyrrole nitrogens is 1. The van der Waals surface area contributed by atoms with Crippen molar-refractivity contribution in [2.75, 3.05) is 0 Å². The highest BCUT2D eigenvalue weighted by atomic mass is 32.1. The molecule has 0 aliphatic rings. The van der Waals surface area contributed by atoms with Gasteiger partial charge in [-0.15, -0.1) is 11.3 Å². The first-order valence-corrected chi connectivity index (χ1v) is 6.20. The molecule has 0 saturated heterocycles. The molecule has 96 valence electrons. The lowest BCUT2D eigenvalue weighted by atomic mass is 10.2. The number of carbonyl (C=O) groups is 1. The minimum Gasteiger partial charge on any atom is -0.477 e. The van der Waals surface area contributed by atoms with Gasteiger partial charge in [0.1, 0.15) is 9.88 Å². The number of aryl methyl sites for hydroxylation is 1. The summed E-state index contributed by atoms with van der Waals surface area (Å²) < 4.78 is 4.90. The van der Waals surface area contributed by atoms with Crippen LogP contribution in [0, 0.1) is 6.92 Å². The van der Waals surface area contributed by atoms with Gasteiger partial charge in [-0.3, -0.25) is 4.98 Å². The number of fused-ring (bicyclic) bond motifs is 1. The second kappa shape index (κ2) is 4.06. The average Bonchev–Trinajstić information content (AvgIpc) is 2.89. The van der Waals surface area contributed by atoms with Crippen LogP contribution in [0.3, 0.4) is 0 Å². The predicted molar refractivity (Wildman–Crippen MR) is 69.6 cm³/mol. The van der Waals surface area contributed by atoms with Crippen molar-refractivity contribution in [3.8, 4) is 10.6 Å². The van der Waals surface area contributed by atoms with E-state index in [1.54, 1.807) is 25.1 Å². The number of nitrogens with one attached hydrogen (secondary N) is 1. The van der Waals surface area contributed by atoms with E-state index < -0.39 is 11.7 Å². The molecule has 0 amide bonds. The largest absolute Gasteiger partial charge is 0.477 e. The lowest BCUT2D eigenvalue weighted by Crippen LogP contribution is -1.94. The summed E-state index contributed by atoms with van der Waals surface area (Å²) in [5, 5.41) is 9.61. The molecule has 2 N–H and O–H groups in total. The number of aromatic amines is 1. The van der Waals surface area contributed by atoms with E-state index in [1.165, 1.54) is 0 Å². The molecule has 3 aromatic rings. The van der Waals surface area contributed by atoms with Gasteiger partial charge in [0.25, 0.3) is 0 Å². The van der Waals surface area contributed by atoms with Gasteiger partial charge in [0.15, 0.2) is 5.58 Å². The van der Waals surface area contributed by atoms with Crippen LogP contribution < -0.4 is 5.76 Å². The number of aromatic nitrogens is 2. The van der Waals surface area contributed by atoms with E-state index in [2.05, 4.69) is 9.97 Å². The van der Waals surface area contributed by atoms with Crippen LogP contribution in [0.4, 0.5) is 0 Å². The summed E-state index contributed by atoms with van der Waals surface area (Å²) in [6.07, 6.45) is 0. The van der Waals surface area contributed by atoms with Gasteiger partial charge in [0.2, 0.25) is 0 Å². The zero-order valence-corrected chi connectivity index (χ0v) is 10.6. The number of oxazole rings is 1. The topological polar surface area (TPSA) is 96.2 Å². The van der Waals surface area contributed by atoms with E-state index in [1.807, 2.05) is 0 Å². The second-order valence-electron chi connectivity index (χ2n) is 3.96. The first-order valence-electron chi connectivity index (χ1n) is 5.38. The zero-order valence-electron chi connectivity index (χ0n) is 9.76. The van der Waals surface area contributed by atoms with Gasteiger partial charge in [0.05, 0.1) is 11.2 Å². The molecule has 0 bridgehead atoms. The first-order chi connectivity index (χ1) is 9.04. The Kier molecular flexibility index (Phi) is 2.49. The molecule has 0 spiro atoms. The molecule has 3 rings (SSSR count). The first kappa shape index (κ1) is 11.7. The number of benzene rings is 1. The van der Waals surface area contributed by atoms with E-state index in [9.17, 15) is 9.59 Å². The minimum absolute atomic E-state index is 0.218. The van der Waals surface area contributed by atoms with Crippen molar-refractivity contribution in [1.29, 1.82) is 0 Å². The summed E-state index contributed by atoms with van der Waals surface area (Å²) in [4.78, 5) is 29.1. The Morgan fingerprint density at radius 2 is 2.26 bits per heavy atom. The van der Waals surface area contributed by atoms with Crippen molar-refractivity contribution >= 4 is 28.4 Å². The monoisotopic (exact) mass is 276 g/mol. The molecule has 0 radical (unpaired) electrons. The molecule has 0 aliphatic heterocycles. The molecule has 0 atom stereocenters. The molecule has 6 nitrogen and oxygen atoms in total. The van der Waals surface area contributed by atoms with Crippen LogP contribution in [0.2, 0.25) is 0 Å². The van der Waals surface area contributed by atoms with E-state index in [4.69, 9.17) is 9.52 Å². The van der Waals surface area contributed by atoms with Crippen LogP contribution in [0.5, 0.6) is 0 Å². The zero-order chi connectivity index (χ0) is 13.6. The fourth-order valence-corrected chi connectivity index (χ4v) is 2.70. The normalized spacial score (nSPS) is 11.0. The molecular formula is C12H8N2O4S. The van der Waals surface area contributed by atoms with Crippen molar-refractivity contribution in [1.82, 2.24) is 9.97 Å². The quantitative estimate of drug-likeness (QED) is 0.748. The molecule has 2 heterocycles. The highest BCUT2D eigenvalue weighted by Gasteiger charge is 2.15. The fourth-order valence-electron chi connectivity index (χ4n) is 1.80. The SMILES string of the molecule is Cc1nc(-c2ccc3oc(=O)[nH]c3c2)sc1C(=O)O. The van der Waals surface area contributed by atoms with Crippen LogP contribution in [0.15, 0.2) is 27.4 Å². The van der Waals surface area contributed by atoms with Crippen LogP contribution in [0.1, 0.15) is 15.4 Å². The Morgan fingerprint density at radius 3 is 2.95 bits per heavy atom. The average molecular weight is 276 g/mol. The molecule has 0 aliphatic carbocycles. The number of carboxylic acids is 1. The highest BCUT2D eigenvalue weighted by Crippen LogP contribution is 2.29. The third-order valence-electron chi connectivity index (χ3n) is 2.66. The number of nitrogens with zero attached hydrogens (tertiary/aromatic N) is 1. The lowest BCUT2D eigenvalue weighted by Gasteiger charge is -1.94. The summed E-state index contributed by atoms with van der Waals surface area (Å²) in [5.74, 6) is -1.51. The Morgan fingerprint density at radius 1 is 1.47 bits per heavy atom. The molecule has 2 aromatic heterocycles. The number of aromatic carboxylic acids is 1. The number of thiazole rings is 1. The summed E-state index contributed by atoms with van der Waals surface area (Å²) in [6.45, 7) is 1.65. The lowest BCUT2D eigenvalue weighted by molar-refractivity contribution is 0.0701. The third kappa shape index (κ3) is 1.93. The predicted octanol–water partition coefficient (Wildman–Crippen LogP) is 2.25. The third-order valence-corrected chi connectivity index (χ3v) is 3.85.